The van der Waals surface area contributed by atoms with E-state index < -0.39 is 22.3 Å². The third-order valence-corrected chi connectivity index (χ3v) is 2.83. The number of benzene rings is 1. The smallest absolute Gasteiger partial charge is 0.295 e. The summed E-state index contributed by atoms with van der Waals surface area (Å²) in [5.74, 6) is -1.12. The number of nitro benzene ring substituents is 1. The molecule has 0 saturated heterocycles. The highest BCUT2D eigenvalue weighted by atomic mass is 19.1. The Balaban J connectivity index is 3.19. The monoisotopic (exact) mass is 283 g/mol. The molecule has 0 spiro atoms. The summed E-state index contributed by atoms with van der Waals surface area (Å²) in [4.78, 5) is 22.9. The van der Waals surface area contributed by atoms with Gasteiger partial charge in [-0.3, -0.25) is 14.9 Å². The lowest BCUT2D eigenvalue weighted by Gasteiger charge is -2.20. The van der Waals surface area contributed by atoms with Gasteiger partial charge in [-0.1, -0.05) is 13.3 Å². The van der Waals surface area contributed by atoms with Crippen LogP contribution in [-0.4, -0.2) is 24.4 Å². The maximum absolute atomic E-state index is 13.9. The Bertz CT molecular complexity index is 520. The summed E-state index contributed by atoms with van der Waals surface area (Å²) in [7, 11) is 1.71. The molecule has 1 rings (SSSR count). The normalized spacial score (nSPS) is 10.2. The van der Waals surface area contributed by atoms with Crippen molar-refractivity contribution in [1.29, 1.82) is 0 Å². The molecule has 1 amide bonds. The lowest BCUT2D eigenvalue weighted by molar-refractivity contribution is -0.384. The van der Waals surface area contributed by atoms with E-state index >= 15 is 0 Å². The van der Waals surface area contributed by atoms with Crippen molar-refractivity contribution in [3.63, 3.8) is 0 Å². The molecular formula is C13H18FN3O3. The number of nitro groups is 1. The van der Waals surface area contributed by atoms with Crippen molar-refractivity contribution in [2.75, 3.05) is 23.8 Å². The first-order chi connectivity index (χ1) is 9.36. The van der Waals surface area contributed by atoms with Gasteiger partial charge in [0.2, 0.25) is 5.91 Å². The summed E-state index contributed by atoms with van der Waals surface area (Å²) < 4.78 is 13.9. The van der Waals surface area contributed by atoms with Crippen molar-refractivity contribution in [3.05, 3.63) is 28.1 Å². The molecule has 0 fully saturated rings. The second-order valence-corrected chi connectivity index (χ2v) is 4.53. The minimum Gasteiger partial charge on any atom is -0.372 e. The number of halogens is 1. The number of nitrogens with one attached hydrogen (secondary N) is 1. The summed E-state index contributed by atoms with van der Waals surface area (Å²) in [6, 6.07) is 2.13. The average molecular weight is 283 g/mol. The number of carbonyl (C=O) groups excluding carboxylic acids is 1. The molecule has 0 unspecified atom stereocenters. The fourth-order valence-corrected chi connectivity index (χ4v) is 1.80. The number of hydrogen-bond acceptors (Lipinski definition) is 4. The van der Waals surface area contributed by atoms with Gasteiger partial charge in [-0.15, -0.1) is 0 Å². The highest BCUT2D eigenvalue weighted by Gasteiger charge is 2.20. The van der Waals surface area contributed by atoms with Gasteiger partial charge in [0, 0.05) is 20.5 Å². The van der Waals surface area contributed by atoms with Crippen LogP contribution < -0.4 is 10.2 Å². The van der Waals surface area contributed by atoms with Gasteiger partial charge in [0.25, 0.3) is 5.69 Å². The number of nitrogens with zero attached hydrogens (tertiary/aromatic N) is 2. The van der Waals surface area contributed by atoms with Crippen LogP contribution in [0.25, 0.3) is 0 Å². The van der Waals surface area contributed by atoms with Crippen LogP contribution in [-0.2, 0) is 4.79 Å². The number of hydrogen-bond donors (Lipinski definition) is 1. The summed E-state index contributed by atoms with van der Waals surface area (Å²) >= 11 is 0. The zero-order valence-electron chi connectivity index (χ0n) is 11.8. The van der Waals surface area contributed by atoms with Crippen molar-refractivity contribution >= 4 is 23.0 Å². The topological polar surface area (TPSA) is 75.5 Å². The van der Waals surface area contributed by atoms with Crippen LogP contribution >= 0.6 is 0 Å². The molecule has 7 heteroatoms. The van der Waals surface area contributed by atoms with Crippen LogP contribution in [0.5, 0.6) is 0 Å². The molecule has 0 aromatic heterocycles. The molecule has 0 aliphatic heterocycles. The summed E-state index contributed by atoms with van der Waals surface area (Å²) in [6.45, 7) is 3.89. The fraction of sp³-hybridized carbons (Fsp3) is 0.462. The minimum absolute atomic E-state index is 0.00208. The second kappa shape index (κ2) is 6.83. The molecule has 1 N–H and O–H groups in total. The first-order valence-electron chi connectivity index (χ1n) is 6.33. The van der Waals surface area contributed by atoms with Crippen molar-refractivity contribution in [3.8, 4) is 0 Å². The Hall–Kier alpha value is -2.18. The van der Waals surface area contributed by atoms with E-state index in [1.165, 1.54) is 13.0 Å². The zero-order chi connectivity index (χ0) is 15.3. The van der Waals surface area contributed by atoms with Crippen LogP contribution in [0, 0.1) is 15.9 Å². The number of amides is 1. The van der Waals surface area contributed by atoms with Gasteiger partial charge in [0.05, 0.1) is 16.7 Å². The van der Waals surface area contributed by atoms with Gasteiger partial charge >= 0.3 is 0 Å². The summed E-state index contributed by atoms with van der Waals surface area (Å²) in [5, 5.41) is 13.2. The van der Waals surface area contributed by atoms with E-state index in [-0.39, 0.29) is 11.4 Å². The SMILES string of the molecule is CCCCN(C)c1cc(NC(C)=O)c([N+](=O)[O-])cc1F. The fourth-order valence-electron chi connectivity index (χ4n) is 1.80. The third-order valence-electron chi connectivity index (χ3n) is 2.83. The Kier molecular flexibility index (Phi) is 5.42. The minimum atomic E-state index is -0.718. The second-order valence-electron chi connectivity index (χ2n) is 4.53. The molecule has 1 aromatic rings. The van der Waals surface area contributed by atoms with Gasteiger partial charge < -0.3 is 10.2 Å². The predicted octanol–water partition coefficient (Wildman–Crippen LogP) is 2.93. The van der Waals surface area contributed by atoms with Crippen LogP contribution in [0.15, 0.2) is 12.1 Å². The Labute approximate surface area is 116 Å². The highest BCUT2D eigenvalue weighted by molar-refractivity contribution is 5.92. The van der Waals surface area contributed by atoms with Crippen LogP contribution in [0.4, 0.5) is 21.5 Å². The largest absolute Gasteiger partial charge is 0.372 e. The van der Waals surface area contributed by atoms with Crippen molar-refractivity contribution < 1.29 is 14.1 Å². The predicted molar refractivity (Wildman–Crippen MR) is 75.5 cm³/mol. The maximum Gasteiger partial charge on any atom is 0.295 e. The van der Waals surface area contributed by atoms with E-state index in [0.29, 0.717) is 6.54 Å². The molecule has 0 saturated carbocycles. The molecule has 6 nitrogen and oxygen atoms in total. The van der Waals surface area contributed by atoms with E-state index in [1.807, 2.05) is 6.92 Å². The zero-order valence-corrected chi connectivity index (χ0v) is 11.8. The third kappa shape index (κ3) is 3.91. The van der Waals surface area contributed by atoms with E-state index in [1.54, 1.807) is 11.9 Å². The van der Waals surface area contributed by atoms with Gasteiger partial charge in [-0.05, 0) is 12.5 Å². The van der Waals surface area contributed by atoms with Crippen LogP contribution in [0.1, 0.15) is 26.7 Å². The Morgan fingerprint density at radius 3 is 2.65 bits per heavy atom. The van der Waals surface area contributed by atoms with Gasteiger partial charge in [-0.25, -0.2) is 4.39 Å². The van der Waals surface area contributed by atoms with E-state index in [0.717, 1.165) is 18.9 Å². The molecule has 1 aromatic carbocycles. The average Bonchev–Trinajstić information content (AvgIpc) is 2.36. The van der Waals surface area contributed by atoms with Crippen molar-refractivity contribution in [1.82, 2.24) is 0 Å². The summed E-state index contributed by atoms with van der Waals surface area (Å²) in [6.07, 6.45) is 1.83. The van der Waals surface area contributed by atoms with Crippen molar-refractivity contribution in [2.24, 2.45) is 0 Å². The maximum atomic E-state index is 13.9. The van der Waals surface area contributed by atoms with E-state index in [2.05, 4.69) is 5.32 Å². The van der Waals surface area contributed by atoms with Crippen LogP contribution in [0.3, 0.4) is 0 Å². The standard InChI is InChI=1S/C13H18FN3O3/c1-4-5-6-16(3)12-8-11(15-9(2)18)13(17(19)20)7-10(12)14/h7-8H,4-6H2,1-3H3,(H,15,18). The molecule has 0 aliphatic rings. The number of rotatable bonds is 6. The first kappa shape index (κ1) is 15.9. The number of carbonyl (C=O) groups is 1. The molecule has 0 heterocycles. The number of unbranched alkanes of at least 4 members (excludes halogenated alkanes) is 1. The Morgan fingerprint density at radius 1 is 1.50 bits per heavy atom. The van der Waals surface area contributed by atoms with Crippen molar-refractivity contribution in [2.45, 2.75) is 26.7 Å². The van der Waals surface area contributed by atoms with Gasteiger partial charge in [0.1, 0.15) is 5.69 Å². The first-order valence-corrected chi connectivity index (χ1v) is 6.33. The molecule has 0 bridgehead atoms. The lowest BCUT2D eigenvalue weighted by Crippen LogP contribution is -2.20. The quantitative estimate of drug-likeness (QED) is 0.643. The summed E-state index contributed by atoms with van der Waals surface area (Å²) in [5.41, 5.74) is -0.222. The molecule has 0 aliphatic carbocycles. The van der Waals surface area contributed by atoms with E-state index in [4.69, 9.17) is 0 Å². The van der Waals surface area contributed by atoms with Crippen LogP contribution in [0.2, 0.25) is 0 Å². The molecule has 0 radical (unpaired) electrons. The molecule has 20 heavy (non-hydrogen) atoms. The van der Waals surface area contributed by atoms with E-state index in [9.17, 15) is 19.3 Å². The van der Waals surface area contributed by atoms with Gasteiger partial charge in [-0.2, -0.15) is 0 Å². The van der Waals surface area contributed by atoms with Gasteiger partial charge in [0.15, 0.2) is 5.82 Å². The Morgan fingerprint density at radius 2 is 2.15 bits per heavy atom. The number of anilines is 2. The molecular weight excluding hydrogens is 265 g/mol. The molecule has 110 valence electrons. The molecule has 0 atom stereocenters. The lowest BCUT2D eigenvalue weighted by atomic mass is 10.2. The highest BCUT2D eigenvalue weighted by Crippen LogP contribution is 2.32.